The van der Waals surface area contributed by atoms with Gasteiger partial charge in [0.15, 0.2) is 0 Å². The molecule has 2 aliphatic rings. The van der Waals surface area contributed by atoms with E-state index in [0.717, 1.165) is 32.5 Å². The molecule has 98 valence electrons. The summed E-state index contributed by atoms with van der Waals surface area (Å²) in [5.41, 5.74) is -0.220. The maximum Gasteiger partial charge on any atom is 0.228 e. The fourth-order valence-corrected chi connectivity index (χ4v) is 2.89. The van der Waals surface area contributed by atoms with Crippen molar-refractivity contribution in [3.8, 4) is 0 Å². The quantitative estimate of drug-likeness (QED) is 0.771. The summed E-state index contributed by atoms with van der Waals surface area (Å²) in [5, 5.41) is 6.51. The standard InChI is InChI=1S/C13H24N2O2/c1-9(2)13(5-6-14-8-13)12(16)15-11-4-7-17-10(11)3/h9-11,14H,4-8H2,1-3H3,(H,15,16). The summed E-state index contributed by atoms with van der Waals surface area (Å²) in [4.78, 5) is 12.5. The second-order valence-electron chi connectivity index (χ2n) is 5.68. The highest BCUT2D eigenvalue weighted by molar-refractivity contribution is 5.84. The Bertz CT molecular complexity index is 285. The highest BCUT2D eigenvalue weighted by Crippen LogP contribution is 2.34. The van der Waals surface area contributed by atoms with Crippen LogP contribution >= 0.6 is 0 Å². The molecule has 2 rings (SSSR count). The minimum Gasteiger partial charge on any atom is -0.376 e. The van der Waals surface area contributed by atoms with Gasteiger partial charge < -0.3 is 15.4 Å². The molecule has 0 bridgehead atoms. The Morgan fingerprint density at radius 2 is 2.29 bits per heavy atom. The zero-order chi connectivity index (χ0) is 12.5. The predicted molar refractivity (Wildman–Crippen MR) is 66.7 cm³/mol. The van der Waals surface area contributed by atoms with Crippen LogP contribution in [0.3, 0.4) is 0 Å². The molecule has 0 saturated carbocycles. The number of carbonyl (C=O) groups is 1. The van der Waals surface area contributed by atoms with Crippen molar-refractivity contribution >= 4 is 5.91 Å². The van der Waals surface area contributed by atoms with Gasteiger partial charge in [0.1, 0.15) is 0 Å². The summed E-state index contributed by atoms with van der Waals surface area (Å²) in [6.45, 7) is 8.83. The van der Waals surface area contributed by atoms with Crippen LogP contribution in [0.25, 0.3) is 0 Å². The number of ether oxygens (including phenoxy) is 1. The minimum absolute atomic E-state index is 0.150. The molecule has 0 radical (unpaired) electrons. The van der Waals surface area contributed by atoms with E-state index in [-0.39, 0.29) is 23.5 Å². The SMILES string of the molecule is CC1OCCC1NC(=O)C1(C(C)C)CCNC1. The van der Waals surface area contributed by atoms with E-state index in [1.807, 2.05) is 6.92 Å². The third kappa shape index (κ3) is 2.33. The zero-order valence-electron chi connectivity index (χ0n) is 11.1. The van der Waals surface area contributed by atoms with Crippen molar-refractivity contribution in [1.82, 2.24) is 10.6 Å². The molecule has 3 unspecified atom stereocenters. The molecule has 0 aliphatic carbocycles. The normalized spacial score (nSPS) is 37.6. The lowest BCUT2D eigenvalue weighted by Gasteiger charge is -2.32. The zero-order valence-corrected chi connectivity index (χ0v) is 11.1. The molecule has 2 heterocycles. The van der Waals surface area contributed by atoms with Gasteiger partial charge in [-0.1, -0.05) is 13.8 Å². The molecule has 0 aromatic heterocycles. The Morgan fingerprint density at radius 3 is 2.76 bits per heavy atom. The predicted octanol–water partition coefficient (Wildman–Crippen LogP) is 0.916. The number of amides is 1. The summed E-state index contributed by atoms with van der Waals surface area (Å²) in [5.74, 6) is 0.579. The first-order valence-corrected chi connectivity index (χ1v) is 6.69. The van der Waals surface area contributed by atoms with Crippen LogP contribution in [0.15, 0.2) is 0 Å². The molecule has 2 aliphatic heterocycles. The van der Waals surface area contributed by atoms with Crippen LogP contribution in [0.1, 0.15) is 33.6 Å². The van der Waals surface area contributed by atoms with Crippen molar-refractivity contribution in [2.45, 2.75) is 45.8 Å². The third-order valence-electron chi connectivity index (χ3n) is 4.44. The van der Waals surface area contributed by atoms with Crippen molar-refractivity contribution in [1.29, 1.82) is 0 Å². The Balaban J connectivity index is 2.02. The van der Waals surface area contributed by atoms with Gasteiger partial charge in [-0.2, -0.15) is 0 Å². The van der Waals surface area contributed by atoms with E-state index in [0.29, 0.717) is 5.92 Å². The van der Waals surface area contributed by atoms with Gasteiger partial charge in [0.2, 0.25) is 5.91 Å². The summed E-state index contributed by atoms with van der Waals surface area (Å²) in [6.07, 6.45) is 2.03. The first-order chi connectivity index (χ1) is 8.06. The van der Waals surface area contributed by atoms with Gasteiger partial charge in [-0.25, -0.2) is 0 Å². The van der Waals surface area contributed by atoms with Crippen LogP contribution in [0.2, 0.25) is 0 Å². The van der Waals surface area contributed by atoms with Crippen LogP contribution in [0.5, 0.6) is 0 Å². The average Bonchev–Trinajstić information content (AvgIpc) is 2.89. The van der Waals surface area contributed by atoms with Crippen LogP contribution in [-0.2, 0) is 9.53 Å². The lowest BCUT2D eigenvalue weighted by molar-refractivity contribution is -0.133. The Hall–Kier alpha value is -0.610. The molecule has 3 atom stereocenters. The van der Waals surface area contributed by atoms with E-state index in [1.54, 1.807) is 0 Å². The molecule has 0 aromatic carbocycles. The second-order valence-corrected chi connectivity index (χ2v) is 5.68. The van der Waals surface area contributed by atoms with Crippen LogP contribution in [0.4, 0.5) is 0 Å². The van der Waals surface area contributed by atoms with Gasteiger partial charge in [-0.05, 0) is 32.2 Å². The summed E-state index contributed by atoms with van der Waals surface area (Å²) < 4.78 is 5.49. The number of hydrogen-bond donors (Lipinski definition) is 2. The molecular formula is C13H24N2O2. The Morgan fingerprint density at radius 1 is 1.53 bits per heavy atom. The van der Waals surface area contributed by atoms with E-state index in [1.165, 1.54) is 0 Å². The topological polar surface area (TPSA) is 50.4 Å². The number of nitrogens with one attached hydrogen (secondary N) is 2. The van der Waals surface area contributed by atoms with Crippen LogP contribution in [0, 0.1) is 11.3 Å². The first kappa shape index (κ1) is 12.8. The van der Waals surface area contributed by atoms with E-state index in [9.17, 15) is 4.79 Å². The summed E-state index contributed by atoms with van der Waals surface area (Å²) >= 11 is 0. The number of hydrogen-bond acceptors (Lipinski definition) is 3. The van der Waals surface area contributed by atoms with Gasteiger partial charge in [-0.3, -0.25) is 4.79 Å². The van der Waals surface area contributed by atoms with Crippen molar-refractivity contribution < 1.29 is 9.53 Å². The van der Waals surface area contributed by atoms with Crippen molar-refractivity contribution in [2.75, 3.05) is 19.7 Å². The maximum atomic E-state index is 12.5. The molecular weight excluding hydrogens is 216 g/mol. The van der Waals surface area contributed by atoms with Crippen molar-refractivity contribution in [2.24, 2.45) is 11.3 Å². The molecule has 4 nitrogen and oxygen atoms in total. The number of rotatable bonds is 3. The van der Waals surface area contributed by atoms with Crippen molar-refractivity contribution in [3.63, 3.8) is 0 Å². The van der Waals surface area contributed by atoms with Gasteiger partial charge in [0.05, 0.1) is 17.6 Å². The Kier molecular flexibility index (Phi) is 3.73. The van der Waals surface area contributed by atoms with Gasteiger partial charge in [-0.15, -0.1) is 0 Å². The molecule has 2 N–H and O–H groups in total. The second kappa shape index (κ2) is 4.94. The molecule has 1 amide bonds. The fraction of sp³-hybridized carbons (Fsp3) is 0.923. The summed E-state index contributed by atoms with van der Waals surface area (Å²) in [7, 11) is 0. The fourth-order valence-electron chi connectivity index (χ4n) is 2.89. The van der Waals surface area contributed by atoms with E-state index >= 15 is 0 Å². The van der Waals surface area contributed by atoms with E-state index in [2.05, 4.69) is 24.5 Å². The Labute approximate surface area is 103 Å². The highest BCUT2D eigenvalue weighted by Gasteiger charge is 2.45. The maximum absolute atomic E-state index is 12.5. The molecule has 17 heavy (non-hydrogen) atoms. The smallest absolute Gasteiger partial charge is 0.228 e. The van der Waals surface area contributed by atoms with Crippen LogP contribution < -0.4 is 10.6 Å². The van der Waals surface area contributed by atoms with Gasteiger partial charge in [0, 0.05) is 13.2 Å². The molecule has 2 fully saturated rings. The van der Waals surface area contributed by atoms with Gasteiger partial charge in [0.25, 0.3) is 0 Å². The monoisotopic (exact) mass is 240 g/mol. The lowest BCUT2D eigenvalue weighted by atomic mass is 9.75. The average molecular weight is 240 g/mol. The molecule has 0 aromatic rings. The largest absolute Gasteiger partial charge is 0.376 e. The van der Waals surface area contributed by atoms with Crippen LogP contribution in [-0.4, -0.2) is 37.7 Å². The summed E-state index contributed by atoms with van der Waals surface area (Å²) in [6, 6.07) is 0.193. The third-order valence-corrected chi connectivity index (χ3v) is 4.44. The van der Waals surface area contributed by atoms with Gasteiger partial charge >= 0.3 is 0 Å². The van der Waals surface area contributed by atoms with Crippen molar-refractivity contribution in [3.05, 3.63) is 0 Å². The molecule has 4 heteroatoms. The van der Waals surface area contributed by atoms with E-state index < -0.39 is 0 Å². The number of carbonyl (C=O) groups excluding carboxylic acids is 1. The minimum atomic E-state index is -0.220. The highest BCUT2D eigenvalue weighted by atomic mass is 16.5. The molecule has 2 saturated heterocycles. The molecule has 0 spiro atoms. The lowest BCUT2D eigenvalue weighted by Crippen LogP contribution is -2.51. The first-order valence-electron chi connectivity index (χ1n) is 6.69. The van der Waals surface area contributed by atoms with E-state index in [4.69, 9.17) is 4.74 Å².